The number of esters is 1. The standard InChI is InChI=1S/C16H16BrClN2O5S2/c1-25-15(22)8-12(10-4-2-3-5-11(10)18)20-14(21)9-19-27(23,24)16-7-6-13(17)26-16/h2-7,12,19H,8-9H2,1H3,(H,20,21)/t12-/m0/s1. The predicted molar refractivity (Wildman–Crippen MR) is 106 cm³/mol. The molecular formula is C16H16BrClN2O5S2. The summed E-state index contributed by atoms with van der Waals surface area (Å²) in [5.41, 5.74) is 0.531. The first-order chi connectivity index (χ1) is 12.7. The van der Waals surface area contributed by atoms with Gasteiger partial charge in [0, 0.05) is 5.02 Å². The molecule has 0 aliphatic carbocycles. The fourth-order valence-electron chi connectivity index (χ4n) is 2.17. The summed E-state index contributed by atoms with van der Waals surface area (Å²) in [4.78, 5) is 23.9. The van der Waals surface area contributed by atoms with E-state index in [-0.39, 0.29) is 10.6 Å². The fourth-order valence-corrected chi connectivity index (χ4v) is 5.47. The highest BCUT2D eigenvalue weighted by atomic mass is 79.9. The molecule has 1 aromatic heterocycles. The number of hydrogen-bond acceptors (Lipinski definition) is 6. The van der Waals surface area contributed by atoms with Gasteiger partial charge in [0.1, 0.15) is 4.21 Å². The van der Waals surface area contributed by atoms with Crippen LogP contribution in [0.25, 0.3) is 0 Å². The van der Waals surface area contributed by atoms with Crippen molar-refractivity contribution in [1.82, 2.24) is 10.0 Å². The second-order valence-corrected chi connectivity index (χ2v) is 10.2. The highest BCUT2D eigenvalue weighted by Crippen LogP contribution is 2.26. The average Bonchev–Trinajstić information content (AvgIpc) is 3.07. The Balaban J connectivity index is 2.07. The Morgan fingerprint density at radius 3 is 2.56 bits per heavy atom. The first kappa shape index (κ1) is 21.8. The van der Waals surface area contributed by atoms with E-state index in [0.29, 0.717) is 14.4 Å². The van der Waals surface area contributed by atoms with Gasteiger partial charge in [-0.15, -0.1) is 11.3 Å². The lowest BCUT2D eigenvalue weighted by Gasteiger charge is -2.19. The van der Waals surface area contributed by atoms with E-state index in [2.05, 4.69) is 30.7 Å². The Morgan fingerprint density at radius 1 is 1.26 bits per heavy atom. The summed E-state index contributed by atoms with van der Waals surface area (Å²) < 4.78 is 32.0. The van der Waals surface area contributed by atoms with Gasteiger partial charge in [0.15, 0.2) is 0 Å². The van der Waals surface area contributed by atoms with E-state index in [0.717, 1.165) is 11.3 Å². The predicted octanol–water partition coefficient (Wildman–Crippen LogP) is 2.86. The number of benzene rings is 1. The van der Waals surface area contributed by atoms with Gasteiger partial charge in [0.25, 0.3) is 10.0 Å². The number of amides is 1. The quantitative estimate of drug-likeness (QED) is 0.548. The average molecular weight is 496 g/mol. The number of ether oxygens (including phenoxy) is 1. The smallest absolute Gasteiger partial charge is 0.307 e. The molecule has 0 bridgehead atoms. The Bertz CT molecular complexity index is 932. The molecule has 2 aromatic rings. The molecule has 0 unspecified atom stereocenters. The third-order valence-electron chi connectivity index (χ3n) is 3.45. The molecular weight excluding hydrogens is 480 g/mol. The lowest BCUT2D eigenvalue weighted by molar-refractivity contribution is -0.141. The third-order valence-corrected chi connectivity index (χ3v) is 7.31. The number of hydrogen-bond donors (Lipinski definition) is 2. The molecule has 0 radical (unpaired) electrons. The molecule has 1 heterocycles. The molecule has 0 saturated heterocycles. The highest BCUT2D eigenvalue weighted by molar-refractivity contribution is 9.11. The Morgan fingerprint density at radius 2 is 1.96 bits per heavy atom. The Hall–Kier alpha value is -1.46. The Labute approximate surface area is 174 Å². The van der Waals surface area contributed by atoms with Crippen LogP contribution in [-0.2, 0) is 24.3 Å². The number of carbonyl (C=O) groups is 2. The van der Waals surface area contributed by atoms with Gasteiger partial charge in [-0.2, -0.15) is 0 Å². The maximum Gasteiger partial charge on any atom is 0.307 e. The zero-order valence-corrected chi connectivity index (χ0v) is 18.0. The topological polar surface area (TPSA) is 102 Å². The zero-order valence-electron chi connectivity index (χ0n) is 14.1. The van der Waals surface area contributed by atoms with Gasteiger partial charge in [-0.25, -0.2) is 13.1 Å². The molecule has 11 heteroatoms. The van der Waals surface area contributed by atoms with Gasteiger partial charge in [-0.1, -0.05) is 29.8 Å². The largest absolute Gasteiger partial charge is 0.469 e. The van der Waals surface area contributed by atoms with Crippen molar-refractivity contribution < 1.29 is 22.7 Å². The summed E-state index contributed by atoms with van der Waals surface area (Å²) in [6.45, 7) is -0.486. The summed E-state index contributed by atoms with van der Waals surface area (Å²) in [6.07, 6.45) is -0.142. The van der Waals surface area contributed by atoms with E-state index in [1.165, 1.54) is 13.2 Å². The molecule has 7 nitrogen and oxygen atoms in total. The van der Waals surface area contributed by atoms with E-state index in [1.807, 2.05) is 0 Å². The molecule has 2 rings (SSSR count). The van der Waals surface area contributed by atoms with Crippen LogP contribution in [0.3, 0.4) is 0 Å². The maximum absolute atomic E-state index is 12.3. The maximum atomic E-state index is 12.3. The molecule has 27 heavy (non-hydrogen) atoms. The van der Waals surface area contributed by atoms with Crippen LogP contribution in [0, 0.1) is 0 Å². The number of rotatable bonds is 8. The first-order valence-corrected chi connectivity index (χ1v) is 11.1. The number of methoxy groups -OCH3 is 1. The van der Waals surface area contributed by atoms with Gasteiger partial charge in [-0.3, -0.25) is 9.59 Å². The molecule has 1 amide bonds. The molecule has 1 aromatic carbocycles. The number of nitrogens with one attached hydrogen (secondary N) is 2. The van der Waals surface area contributed by atoms with E-state index >= 15 is 0 Å². The zero-order chi connectivity index (χ0) is 20.0. The van der Waals surface area contributed by atoms with Gasteiger partial charge in [0.05, 0.1) is 29.9 Å². The van der Waals surface area contributed by atoms with Gasteiger partial charge < -0.3 is 10.1 Å². The molecule has 0 aliphatic heterocycles. The molecule has 0 spiro atoms. The van der Waals surface area contributed by atoms with Crippen molar-refractivity contribution in [2.45, 2.75) is 16.7 Å². The molecule has 0 aliphatic rings. The normalized spacial score (nSPS) is 12.4. The lowest BCUT2D eigenvalue weighted by atomic mass is 10.0. The summed E-state index contributed by atoms with van der Waals surface area (Å²) in [5.74, 6) is -1.15. The molecule has 2 N–H and O–H groups in total. The summed E-state index contributed by atoms with van der Waals surface area (Å²) >= 11 is 10.4. The van der Waals surface area contributed by atoms with E-state index < -0.39 is 34.5 Å². The van der Waals surface area contributed by atoms with E-state index in [1.54, 1.807) is 30.3 Å². The number of carbonyl (C=O) groups excluding carboxylic acids is 2. The van der Waals surface area contributed by atoms with Crippen molar-refractivity contribution in [2.75, 3.05) is 13.7 Å². The van der Waals surface area contributed by atoms with E-state index in [9.17, 15) is 18.0 Å². The minimum Gasteiger partial charge on any atom is -0.469 e. The van der Waals surface area contributed by atoms with Crippen molar-refractivity contribution in [2.24, 2.45) is 0 Å². The van der Waals surface area contributed by atoms with Crippen LogP contribution >= 0.6 is 38.9 Å². The van der Waals surface area contributed by atoms with Crippen LogP contribution < -0.4 is 10.0 Å². The number of thiophene rings is 1. The van der Waals surface area contributed by atoms with Crippen molar-refractivity contribution in [3.63, 3.8) is 0 Å². The first-order valence-electron chi connectivity index (χ1n) is 7.58. The van der Waals surface area contributed by atoms with Crippen molar-refractivity contribution in [3.8, 4) is 0 Å². The SMILES string of the molecule is COC(=O)C[C@H](NC(=O)CNS(=O)(=O)c1ccc(Br)s1)c1ccccc1Cl. The summed E-state index contributed by atoms with van der Waals surface area (Å²) in [6, 6.07) is 9.01. The number of halogens is 2. The Kier molecular flexibility index (Phi) is 7.80. The van der Waals surface area contributed by atoms with Crippen molar-refractivity contribution in [1.29, 1.82) is 0 Å². The monoisotopic (exact) mass is 494 g/mol. The summed E-state index contributed by atoms with van der Waals surface area (Å²) in [5, 5.41) is 2.98. The number of sulfonamides is 1. The van der Waals surface area contributed by atoms with Crippen LogP contribution in [0.5, 0.6) is 0 Å². The van der Waals surface area contributed by atoms with Crippen LogP contribution in [0.15, 0.2) is 44.4 Å². The summed E-state index contributed by atoms with van der Waals surface area (Å²) in [7, 11) is -2.57. The highest BCUT2D eigenvalue weighted by Gasteiger charge is 2.23. The minimum atomic E-state index is -3.81. The van der Waals surface area contributed by atoms with Crippen LogP contribution in [0.2, 0.25) is 5.02 Å². The van der Waals surface area contributed by atoms with Gasteiger partial charge in [-0.05, 0) is 39.7 Å². The molecule has 0 fully saturated rings. The lowest BCUT2D eigenvalue weighted by Crippen LogP contribution is -2.39. The van der Waals surface area contributed by atoms with Crippen LogP contribution in [-0.4, -0.2) is 33.9 Å². The third kappa shape index (κ3) is 6.28. The minimum absolute atomic E-state index is 0.0828. The van der Waals surface area contributed by atoms with Crippen molar-refractivity contribution in [3.05, 3.63) is 50.8 Å². The molecule has 1 atom stereocenters. The van der Waals surface area contributed by atoms with Gasteiger partial charge >= 0.3 is 5.97 Å². The molecule has 146 valence electrons. The second-order valence-electron chi connectivity index (χ2n) is 5.30. The molecule has 0 saturated carbocycles. The second kappa shape index (κ2) is 9.65. The van der Waals surface area contributed by atoms with Gasteiger partial charge in [0.2, 0.25) is 5.91 Å². The van der Waals surface area contributed by atoms with Crippen molar-refractivity contribution >= 4 is 60.8 Å². The fraction of sp³-hybridized carbons (Fsp3) is 0.250. The van der Waals surface area contributed by atoms with Crippen LogP contribution in [0.1, 0.15) is 18.0 Å². The van der Waals surface area contributed by atoms with E-state index in [4.69, 9.17) is 11.6 Å². The van der Waals surface area contributed by atoms with Crippen LogP contribution in [0.4, 0.5) is 0 Å².